The molecule has 1 aromatic heterocycles. The highest BCUT2D eigenvalue weighted by Gasteiger charge is 2.24. The van der Waals surface area contributed by atoms with E-state index in [0.29, 0.717) is 48.2 Å². The number of carbonyl (C=O) groups excluding carboxylic acids is 1. The molecule has 0 saturated carbocycles. The number of piperazine rings is 1. The summed E-state index contributed by atoms with van der Waals surface area (Å²) < 4.78 is 10.8. The molecule has 3 aromatic rings. The normalized spacial score (nSPS) is 13.8. The first kappa shape index (κ1) is 20.9. The van der Waals surface area contributed by atoms with Crippen molar-refractivity contribution in [3.8, 4) is 22.8 Å². The number of methoxy groups -OCH3 is 2. The third-order valence-corrected chi connectivity index (χ3v) is 5.66. The van der Waals surface area contributed by atoms with Gasteiger partial charge in [-0.2, -0.15) is 0 Å². The molecule has 8 heteroatoms. The van der Waals surface area contributed by atoms with E-state index in [1.807, 2.05) is 47.4 Å². The van der Waals surface area contributed by atoms with Crippen LogP contribution in [0.25, 0.3) is 11.3 Å². The molecule has 1 saturated heterocycles. The van der Waals surface area contributed by atoms with Crippen LogP contribution in [0.5, 0.6) is 11.5 Å². The number of halogens is 1. The first-order valence-electron chi connectivity index (χ1n) is 9.95. The molecule has 0 N–H and O–H groups in total. The fraction of sp³-hybridized carbons (Fsp3) is 0.261. The fourth-order valence-corrected chi connectivity index (χ4v) is 3.81. The predicted octanol–water partition coefficient (Wildman–Crippen LogP) is 3.78. The van der Waals surface area contributed by atoms with E-state index < -0.39 is 0 Å². The number of rotatable bonds is 5. The van der Waals surface area contributed by atoms with Crippen molar-refractivity contribution >= 4 is 23.3 Å². The standard InChI is InChI=1S/C23H23ClN4O3/c1-30-16-7-9-21(31-2)18(15-16)20-8-10-22(26-25-20)27-11-13-28(14-12-27)23(29)17-5-3-4-6-19(17)24/h3-10,15H,11-14H2,1-2H3. The van der Waals surface area contributed by atoms with Crippen LogP contribution in [0, 0.1) is 0 Å². The number of anilines is 1. The van der Waals surface area contributed by atoms with Gasteiger partial charge in [0.1, 0.15) is 11.5 Å². The number of aromatic nitrogens is 2. The maximum absolute atomic E-state index is 12.8. The Morgan fingerprint density at radius 1 is 0.935 bits per heavy atom. The lowest BCUT2D eigenvalue weighted by atomic mass is 10.1. The van der Waals surface area contributed by atoms with Gasteiger partial charge in [-0.15, -0.1) is 10.2 Å². The first-order chi connectivity index (χ1) is 15.1. The van der Waals surface area contributed by atoms with Crippen LogP contribution < -0.4 is 14.4 Å². The largest absolute Gasteiger partial charge is 0.497 e. The SMILES string of the molecule is COc1ccc(OC)c(-c2ccc(N3CCN(C(=O)c4ccccc4Cl)CC3)nn2)c1. The highest BCUT2D eigenvalue weighted by molar-refractivity contribution is 6.33. The number of hydrogen-bond acceptors (Lipinski definition) is 6. The van der Waals surface area contributed by atoms with Crippen LogP contribution in [-0.4, -0.2) is 61.4 Å². The molecule has 0 spiro atoms. The molecule has 0 unspecified atom stereocenters. The van der Waals surface area contributed by atoms with Gasteiger partial charge in [-0.05, 0) is 42.5 Å². The first-order valence-corrected chi connectivity index (χ1v) is 10.3. The Morgan fingerprint density at radius 2 is 1.71 bits per heavy atom. The highest BCUT2D eigenvalue weighted by Crippen LogP contribution is 2.32. The van der Waals surface area contributed by atoms with Crippen molar-refractivity contribution in [2.24, 2.45) is 0 Å². The van der Waals surface area contributed by atoms with Crippen LogP contribution in [0.3, 0.4) is 0 Å². The molecule has 1 amide bonds. The smallest absolute Gasteiger partial charge is 0.255 e. The third-order valence-electron chi connectivity index (χ3n) is 5.33. The lowest BCUT2D eigenvalue weighted by Crippen LogP contribution is -2.49. The quantitative estimate of drug-likeness (QED) is 0.604. The summed E-state index contributed by atoms with van der Waals surface area (Å²) in [6.45, 7) is 2.54. The molecule has 1 fully saturated rings. The van der Waals surface area contributed by atoms with E-state index in [4.69, 9.17) is 21.1 Å². The molecule has 31 heavy (non-hydrogen) atoms. The van der Waals surface area contributed by atoms with E-state index in [9.17, 15) is 4.79 Å². The van der Waals surface area contributed by atoms with E-state index >= 15 is 0 Å². The summed E-state index contributed by atoms with van der Waals surface area (Å²) >= 11 is 6.18. The van der Waals surface area contributed by atoms with E-state index in [2.05, 4.69) is 15.1 Å². The predicted molar refractivity (Wildman–Crippen MR) is 120 cm³/mol. The second-order valence-corrected chi connectivity index (χ2v) is 7.51. The van der Waals surface area contributed by atoms with Crippen molar-refractivity contribution < 1.29 is 14.3 Å². The zero-order valence-corrected chi connectivity index (χ0v) is 18.2. The van der Waals surface area contributed by atoms with Crippen molar-refractivity contribution in [2.45, 2.75) is 0 Å². The minimum Gasteiger partial charge on any atom is -0.497 e. The molecular weight excluding hydrogens is 416 g/mol. The van der Waals surface area contributed by atoms with Crippen LogP contribution in [0.4, 0.5) is 5.82 Å². The van der Waals surface area contributed by atoms with Crippen LogP contribution >= 0.6 is 11.6 Å². The second kappa shape index (κ2) is 9.22. The summed E-state index contributed by atoms with van der Waals surface area (Å²) in [7, 11) is 3.24. The topological polar surface area (TPSA) is 67.8 Å². The maximum Gasteiger partial charge on any atom is 0.255 e. The molecule has 1 aliphatic rings. The average molecular weight is 439 g/mol. The van der Waals surface area contributed by atoms with E-state index in [-0.39, 0.29) is 5.91 Å². The van der Waals surface area contributed by atoms with Gasteiger partial charge in [0.25, 0.3) is 5.91 Å². The summed E-state index contributed by atoms with van der Waals surface area (Å²) in [6, 6.07) is 16.6. The summed E-state index contributed by atoms with van der Waals surface area (Å²) in [5.41, 5.74) is 2.05. The molecular formula is C23H23ClN4O3. The number of benzene rings is 2. The number of nitrogens with zero attached hydrogens (tertiary/aromatic N) is 4. The van der Waals surface area contributed by atoms with Gasteiger partial charge in [0, 0.05) is 31.7 Å². The Bertz CT molecular complexity index is 1070. The molecule has 7 nitrogen and oxygen atoms in total. The molecule has 4 rings (SSSR count). The van der Waals surface area contributed by atoms with Gasteiger partial charge in [0.2, 0.25) is 0 Å². The van der Waals surface area contributed by atoms with Gasteiger partial charge in [-0.25, -0.2) is 0 Å². The second-order valence-electron chi connectivity index (χ2n) is 7.10. The van der Waals surface area contributed by atoms with Gasteiger partial charge >= 0.3 is 0 Å². The molecule has 2 aromatic carbocycles. The van der Waals surface area contributed by atoms with Gasteiger partial charge in [-0.3, -0.25) is 4.79 Å². The van der Waals surface area contributed by atoms with Gasteiger partial charge in [0.15, 0.2) is 5.82 Å². The number of ether oxygens (including phenoxy) is 2. The molecule has 0 atom stereocenters. The Morgan fingerprint density at radius 3 is 2.35 bits per heavy atom. The Kier molecular flexibility index (Phi) is 6.23. The van der Waals surface area contributed by atoms with Crippen molar-refractivity contribution in [1.29, 1.82) is 0 Å². The number of hydrogen-bond donors (Lipinski definition) is 0. The monoisotopic (exact) mass is 438 g/mol. The summed E-state index contributed by atoms with van der Waals surface area (Å²) in [4.78, 5) is 16.7. The van der Waals surface area contributed by atoms with Crippen LogP contribution in [-0.2, 0) is 0 Å². The summed E-state index contributed by atoms with van der Waals surface area (Å²) in [5.74, 6) is 2.16. The summed E-state index contributed by atoms with van der Waals surface area (Å²) in [5, 5.41) is 9.28. The molecule has 2 heterocycles. The lowest BCUT2D eigenvalue weighted by molar-refractivity contribution is 0.0746. The lowest BCUT2D eigenvalue weighted by Gasteiger charge is -2.35. The molecule has 0 radical (unpaired) electrons. The van der Waals surface area contributed by atoms with Crippen molar-refractivity contribution in [3.63, 3.8) is 0 Å². The van der Waals surface area contributed by atoms with Crippen LogP contribution in [0.15, 0.2) is 54.6 Å². The van der Waals surface area contributed by atoms with Crippen LogP contribution in [0.1, 0.15) is 10.4 Å². The highest BCUT2D eigenvalue weighted by atomic mass is 35.5. The van der Waals surface area contributed by atoms with Gasteiger partial charge in [-0.1, -0.05) is 23.7 Å². The molecule has 0 aliphatic carbocycles. The Labute approximate surface area is 186 Å². The fourth-order valence-electron chi connectivity index (χ4n) is 3.60. The minimum absolute atomic E-state index is 0.0446. The number of amides is 1. The minimum atomic E-state index is -0.0446. The van der Waals surface area contributed by atoms with Crippen molar-refractivity contribution in [1.82, 2.24) is 15.1 Å². The maximum atomic E-state index is 12.8. The van der Waals surface area contributed by atoms with E-state index in [1.165, 1.54) is 0 Å². The third kappa shape index (κ3) is 4.41. The van der Waals surface area contributed by atoms with E-state index in [1.54, 1.807) is 26.4 Å². The van der Waals surface area contributed by atoms with Crippen molar-refractivity contribution in [3.05, 3.63) is 65.2 Å². The van der Waals surface area contributed by atoms with Gasteiger partial charge < -0.3 is 19.3 Å². The number of carbonyl (C=O) groups is 1. The molecule has 1 aliphatic heterocycles. The van der Waals surface area contributed by atoms with E-state index in [0.717, 1.165) is 17.1 Å². The zero-order chi connectivity index (χ0) is 21.8. The van der Waals surface area contributed by atoms with Gasteiger partial charge in [0.05, 0.1) is 30.5 Å². The Balaban J connectivity index is 1.44. The van der Waals surface area contributed by atoms with Crippen LogP contribution in [0.2, 0.25) is 5.02 Å². The van der Waals surface area contributed by atoms with Crippen molar-refractivity contribution in [2.75, 3.05) is 45.3 Å². The molecule has 0 bridgehead atoms. The summed E-state index contributed by atoms with van der Waals surface area (Å²) in [6.07, 6.45) is 0. The average Bonchev–Trinajstić information content (AvgIpc) is 2.83. The Hall–Kier alpha value is -3.32. The molecule has 160 valence electrons. The zero-order valence-electron chi connectivity index (χ0n) is 17.4.